The number of hydrogen-bond donors (Lipinski definition) is 1. The molecule has 0 spiro atoms. The fourth-order valence-corrected chi connectivity index (χ4v) is 2.85. The summed E-state index contributed by atoms with van der Waals surface area (Å²) in [5.74, 6) is 1.58. The van der Waals surface area contributed by atoms with Crippen molar-refractivity contribution in [3.8, 4) is 0 Å². The second-order valence-corrected chi connectivity index (χ2v) is 5.17. The lowest BCUT2D eigenvalue weighted by molar-refractivity contribution is 0.0587. The standard InChI is InChI=1S/C14H22N2O2/c1-10-7-8-13(18-10)14(17)16(2)12-6-4-3-5-11(12)9-15/h7-8,11-12H,3-6,9,15H2,1-2H3. The zero-order valence-corrected chi connectivity index (χ0v) is 11.2. The van der Waals surface area contributed by atoms with Gasteiger partial charge in [0.1, 0.15) is 5.76 Å². The fraction of sp³-hybridized carbons (Fsp3) is 0.643. The van der Waals surface area contributed by atoms with Gasteiger partial charge < -0.3 is 15.1 Å². The van der Waals surface area contributed by atoms with Crippen molar-refractivity contribution in [3.05, 3.63) is 23.7 Å². The van der Waals surface area contributed by atoms with Gasteiger partial charge in [-0.1, -0.05) is 12.8 Å². The maximum atomic E-state index is 12.3. The van der Waals surface area contributed by atoms with Crippen LogP contribution in [0.25, 0.3) is 0 Å². The van der Waals surface area contributed by atoms with Gasteiger partial charge in [-0.25, -0.2) is 0 Å². The molecule has 0 bridgehead atoms. The summed E-state index contributed by atoms with van der Waals surface area (Å²) in [5.41, 5.74) is 5.81. The molecule has 0 aliphatic heterocycles. The Labute approximate surface area is 108 Å². The summed E-state index contributed by atoms with van der Waals surface area (Å²) < 4.78 is 5.40. The number of furan rings is 1. The van der Waals surface area contributed by atoms with Gasteiger partial charge in [-0.3, -0.25) is 4.79 Å². The van der Waals surface area contributed by atoms with Crippen LogP contribution in [0.3, 0.4) is 0 Å². The molecule has 1 amide bonds. The summed E-state index contributed by atoms with van der Waals surface area (Å²) in [6.07, 6.45) is 4.57. The van der Waals surface area contributed by atoms with Gasteiger partial charge in [-0.15, -0.1) is 0 Å². The molecule has 0 radical (unpaired) electrons. The summed E-state index contributed by atoms with van der Waals surface area (Å²) in [6, 6.07) is 3.82. The smallest absolute Gasteiger partial charge is 0.289 e. The van der Waals surface area contributed by atoms with Gasteiger partial charge in [0.25, 0.3) is 5.91 Å². The Morgan fingerprint density at radius 1 is 1.44 bits per heavy atom. The Kier molecular flexibility index (Phi) is 4.07. The average Bonchev–Trinajstić information content (AvgIpc) is 2.83. The van der Waals surface area contributed by atoms with E-state index in [2.05, 4.69) is 0 Å². The zero-order chi connectivity index (χ0) is 13.1. The van der Waals surface area contributed by atoms with Gasteiger partial charge in [0, 0.05) is 13.1 Å². The van der Waals surface area contributed by atoms with Crippen molar-refractivity contribution >= 4 is 5.91 Å². The molecule has 1 aliphatic rings. The van der Waals surface area contributed by atoms with E-state index >= 15 is 0 Å². The zero-order valence-electron chi connectivity index (χ0n) is 11.2. The maximum Gasteiger partial charge on any atom is 0.289 e. The number of carbonyl (C=O) groups is 1. The number of nitrogens with two attached hydrogens (primary N) is 1. The van der Waals surface area contributed by atoms with Crippen LogP contribution in [0.5, 0.6) is 0 Å². The quantitative estimate of drug-likeness (QED) is 0.894. The lowest BCUT2D eigenvalue weighted by Gasteiger charge is -2.37. The molecule has 1 aliphatic carbocycles. The summed E-state index contributed by atoms with van der Waals surface area (Å²) in [4.78, 5) is 14.1. The van der Waals surface area contributed by atoms with E-state index in [0.29, 0.717) is 18.2 Å². The third kappa shape index (κ3) is 2.58. The second-order valence-electron chi connectivity index (χ2n) is 5.17. The Balaban J connectivity index is 2.09. The monoisotopic (exact) mass is 250 g/mol. The Hall–Kier alpha value is -1.29. The van der Waals surface area contributed by atoms with Crippen molar-refractivity contribution in [1.82, 2.24) is 4.90 Å². The number of rotatable bonds is 3. The lowest BCUT2D eigenvalue weighted by atomic mass is 9.83. The molecule has 2 unspecified atom stereocenters. The SMILES string of the molecule is Cc1ccc(C(=O)N(C)C2CCCCC2CN)o1. The highest BCUT2D eigenvalue weighted by atomic mass is 16.3. The fourth-order valence-electron chi connectivity index (χ4n) is 2.85. The molecule has 2 atom stereocenters. The minimum absolute atomic E-state index is 0.0338. The molecule has 1 heterocycles. The molecular formula is C14H22N2O2. The molecule has 0 saturated heterocycles. The Bertz CT molecular complexity index is 414. The molecule has 1 fully saturated rings. The van der Waals surface area contributed by atoms with Gasteiger partial charge in [-0.05, 0) is 44.4 Å². The van der Waals surface area contributed by atoms with Gasteiger partial charge >= 0.3 is 0 Å². The highest BCUT2D eigenvalue weighted by Gasteiger charge is 2.31. The van der Waals surface area contributed by atoms with Gasteiger partial charge in [0.15, 0.2) is 5.76 Å². The van der Waals surface area contributed by atoms with Crippen LogP contribution >= 0.6 is 0 Å². The van der Waals surface area contributed by atoms with Crippen LogP contribution in [0.1, 0.15) is 42.0 Å². The molecule has 1 aromatic heterocycles. The molecule has 1 aromatic rings. The second kappa shape index (κ2) is 5.57. The van der Waals surface area contributed by atoms with Crippen molar-refractivity contribution in [2.75, 3.05) is 13.6 Å². The van der Waals surface area contributed by atoms with Crippen molar-refractivity contribution in [2.24, 2.45) is 11.7 Å². The minimum atomic E-state index is -0.0338. The first-order valence-electron chi connectivity index (χ1n) is 6.67. The molecule has 4 heteroatoms. The van der Waals surface area contributed by atoms with Crippen molar-refractivity contribution in [3.63, 3.8) is 0 Å². The summed E-state index contributed by atoms with van der Waals surface area (Å²) in [5, 5.41) is 0. The van der Waals surface area contributed by atoms with Crippen molar-refractivity contribution in [1.29, 1.82) is 0 Å². The molecular weight excluding hydrogens is 228 g/mol. The molecule has 18 heavy (non-hydrogen) atoms. The highest BCUT2D eigenvalue weighted by molar-refractivity contribution is 5.91. The van der Waals surface area contributed by atoms with Crippen LogP contribution in [0.2, 0.25) is 0 Å². The van der Waals surface area contributed by atoms with Crippen LogP contribution in [0.15, 0.2) is 16.5 Å². The third-order valence-electron chi connectivity index (χ3n) is 3.94. The van der Waals surface area contributed by atoms with Crippen LogP contribution in [0.4, 0.5) is 0 Å². The van der Waals surface area contributed by atoms with Gasteiger partial charge in [0.05, 0.1) is 0 Å². The van der Waals surface area contributed by atoms with E-state index in [1.165, 1.54) is 12.8 Å². The van der Waals surface area contributed by atoms with E-state index in [9.17, 15) is 4.79 Å². The number of amides is 1. The Morgan fingerprint density at radius 3 is 2.78 bits per heavy atom. The van der Waals surface area contributed by atoms with Crippen molar-refractivity contribution in [2.45, 2.75) is 38.6 Å². The number of nitrogens with zero attached hydrogens (tertiary/aromatic N) is 1. The largest absolute Gasteiger partial charge is 0.456 e. The van der Waals surface area contributed by atoms with E-state index in [4.69, 9.17) is 10.2 Å². The highest BCUT2D eigenvalue weighted by Crippen LogP contribution is 2.28. The normalized spacial score (nSPS) is 23.9. The van der Waals surface area contributed by atoms with E-state index in [1.54, 1.807) is 6.07 Å². The first-order chi connectivity index (χ1) is 8.63. The lowest BCUT2D eigenvalue weighted by Crippen LogP contribution is -2.45. The minimum Gasteiger partial charge on any atom is -0.456 e. The molecule has 0 aromatic carbocycles. The molecule has 2 rings (SSSR count). The maximum absolute atomic E-state index is 12.3. The third-order valence-corrected chi connectivity index (χ3v) is 3.94. The number of hydrogen-bond acceptors (Lipinski definition) is 3. The average molecular weight is 250 g/mol. The predicted octanol–water partition coefficient (Wildman–Crippen LogP) is 2.18. The van der Waals surface area contributed by atoms with Crippen molar-refractivity contribution < 1.29 is 9.21 Å². The van der Waals surface area contributed by atoms with Crippen LogP contribution in [-0.2, 0) is 0 Å². The molecule has 100 valence electrons. The van der Waals surface area contributed by atoms with Crippen LogP contribution < -0.4 is 5.73 Å². The number of aryl methyl sites for hydroxylation is 1. The molecule has 4 nitrogen and oxygen atoms in total. The van der Waals surface area contributed by atoms with Gasteiger partial charge in [-0.2, -0.15) is 0 Å². The topological polar surface area (TPSA) is 59.5 Å². The van der Waals surface area contributed by atoms with E-state index in [0.717, 1.165) is 18.6 Å². The van der Waals surface area contributed by atoms with Gasteiger partial charge in [0.2, 0.25) is 0 Å². The summed E-state index contributed by atoms with van der Waals surface area (Å²) in [6.45, 7) is 2.50. The van der Waals surface area contributed by atoms with Crippen LogP contribution in [-0.4, -0.2) is 30.4 Å². The summed E-state index contributed by atoms with van der Waals surface area (Å²) >= 11 is 0. The first kappa shape index (κ1) is 13.1. The first-order valence-corrected chi connectivity index (χ1v) is 6.67. The summed E-state index contributed by atoms with van der Waals surface area (Å²) in [7, 11) is 1.86. The Morgan fingerprint density at radius 2 is 2.17 bits per heavy atom. The van der Waals surface area contributed by atoms with E-state index < -0.39 is 0 Å². The van der Waals surface area contributed by atoms with E-state index in [-0.39, 0.29) is 11.9 Å². The predicted molar refractivity (Wildman–Crippen MR) is 70.3 cm³/mol. The number of carbonyl (C=O) groups excluding carboxylic acids is 1. The van der Waals surface area contributed by atoms with E-state index in [1.807, 2.05) is 24.9 Å². The molecule has 2 N–H and O–H groups in total. The van der Waals surface area contributed by atoms with Crippen LogP contribution in [0, 0.1) is 12.8 Å². The molecule has 1 saturated carbocycles.